The summed E-state index contributed by atoms with van der Waals surface area (Å²) < 4.78 is 47.7. The van der Waals surface area contributed by atoms with Crippen LogP contribution in [0.2, 0.25) is 0 Å². The number of aliphatic hydroxyl groups is 2. The molecule has 2 N–H and O–H groups in total. The lowest BCUT2D eigenvalue weighted by atomic mass is 9.50. The molecule has 2 aliphatic carbocycles. The number of aliphatic hydroxyl groups excluding tert-OH is 1. The molecule has 5 aliphatic heterocycles. The molecule has 0 bridgehead atoms. The van der Waals surface area contributed by atoms with Gasteiger partial charge in [-0.3, -0.25) is 4.79 Å². The number of methoxy groups -OCH3 is 1. The number of ether oxygens (including phenoxy) is 8. The molecule has 260 valence electrons. The summed E-state index contributed by atoms with van der Waals surface area (Å²) in [6.07, 6.45) is -10.1. The van der Waals surface area contributed by atoms with E-state index < -0.39 is 100 Å². The summed E-state index contributed by atoms with van der Waals surface area (Å²) >= 11 is 0. The first-order valence-electron chi connectivity index (χ1n) is 16.2. The van der Waals surface area contributed by atoms with Crippen LogP contribution in [-0.2, 0) is 54.1 Å². The minimum atomic E-state index is -2.47. The second-order valence-electron chi connectivity index (χ2n) is 14.9. The van der Waals surface area contributed by atoms with Crippen molar-refractivity contribution in [1.82, 2.24) is 4.90 Å². The van der Waals surface area contributed by atoms with Crippen LogP contribution in [0.15, 0.2) is 24.3 Å². The van der Waals surface area contributed by atoms with Crippen LogP contribution in [-0.4, -0.2) is 121 Å². The van der Waals surface area contributed by atoms with E-state index >= 15 is 0 Å². The number of fused-ring (bicyclic) bond motifs is 1. The predicted molar refractivity (Wildman–Crippen MR) is 156 cm³/mol. The van der Waals surface area contributed by atoms with Crippen molar-refractivity contribution in [2.45, 2.75) is 82.3 Å². The Bertz CT molecular complexity index is 1570. The Morgan fingerprint density at radius 1 is 1.02 bits per heavy atom. The lowest BCUT2D eigenvalue weighted by Crippen LogP contribution is -2.67. The van der Waals surface area contributed by atoms with Crippen LogP contribution in [0.3, 0.4) is 0 Å². The highest BCUT2D eigenvalue weighted by Gasteiger charge is 3.06. The van der Waals surface area contributed by atoms with Crippen LogP contribution in [0.4, 0.5) is 4.79 Å². The Labute approximate surface area is 275 Å². The topological polar surface area (TPSA) is 186 Å². The van der Waals surface area contributed by atoms with Gasteiger partial charge in [-0.2, -0.15) is 0 Å². The van der Waals surface area contributed by atoms with Gasteiger partial charge in [0.05, 0.1) is 44.4 Å². The normalized spacial score (nSPS) is 45.2. The Kier molecular flexibility index (Phi) is 6.64. The molecule has 5 heterocycles. The molecule has 2 saturated carbocycles. The molecule has 0 aromatic heterocycles. The lowest BCUT2D eigenvalue weighted by Gasteiger charge is -2.49. The third-order valence-electron chi connectivity index (χ3n) is 12.0. The quantitative estimate of drug-likeness (QED) is 0.321. The molecule has 15 nitrogen and oxygen atoms in total. The number of rotatable bonds is 5. The maximum atomic E-state index is 14.4. The highest BCUT2D eigenvalue weighted by Crippen LogP contribution is 2.85. The molecule has 7 fully saturated rings. The van der Waals surface area contributed by atoms with Crippen LogP contribution in [0.5, 0.6) is 5.75 Å². The third kappa shape index (κ3) is 3.36. The van der Waals surface area contributed by atoms with Gasteiger partial charge in [-0.25, -0.2) is 14.4 Å². The Balaban J connectivity index is 1.35. The molecule has 48 heavy (non-hydrogen) atoms. The van der Waals surface area contributed by atoms with Crippen LogP contribution in [0.25, 0.3) is 0 Å². The van der Waals surface area contributed by atoms with Gasteiger partial charge in [0.2, 0.25) is 11.9 Å². The van der Waals surface area contributed by atoms with Gasteiger partial charge in [0, 0.05) is 19.0 Å². The van der Waals surface area contributed by atoms with Gasteiger partial charge < -0.3 is 53.0 Å². The Morgan fingerprint density at radius 2 is 1.71 bits per heavy atom. The molecule has 1 aromatic rings. The Hall–Kier alpha value is -3.50. The number of hydrogen-bond donors (Lipinski definition) is 2. The van der Waals surface area contributed by atoms with Crippen molar-refractivity contribution in [3.63, 3.8) is 0 Å². The zero-order chi connectivity index (χ0) is 34.2. The Morgan fingerprint density at radius 3 is 2.35 bits per heavy atom. The predicted octanol–water partition coefficient (Wildman–Crippen LogP) is 0.311. The maximum Gasteiger partial charge on any atom is 0.410 e. The van der Waals surface area contributed by atoms with E-state index in [0.29, 0.717) is 11.3 Å². The minimum Gasteiger partial charge on any atom is -0.497 e. The molecular weight excluding hydrogens is 634 g/mol. The van der Waals surface area contributed by atoms with Gasteiger partial charge in [0.25, 0.3) is 0 Å². The van der Waals surface area contributed by atoms with Gasteiger partial charge >= 0.3 is 24.0 Å². The monoisotopic (exact) mass is 673 g/mol. The van der Waals surface area contributed by atoms with Gasteiger partial charge in [-0.15, -0.1) is 0 Å². The second-order valence-corrected chi connectivity index (χ2v) is 14.9. The second kappa shape index (κ2) is 10.0. The number of esters is 3. The number of carbonyl (C=O) groups excluding carboxylic acids is 4. The van der Waals surface area contributed by atoms with Crippen LogP contribution >= 0.6 is 0 Å². The lowest BCUT2D eigenvalue weighted by molar-refractivity contribution is -0.240. The molecule has 6 unspecified atom stereocenters. The molecule has 12 atom stereocenters. The zero-order valence-electron chi connectivity index (χ0n) is 27.2. The molecule has 15 heteroatoms. The van der Waals surface area contributed by atoms with E-state index in [1.54, 1.807) is 24.3 Å². The summed E-state index contributed by atoms with van der Waals surface area (Å²) in [6, 6.07) is 6.98. The van der Waals surface area contributed by atoms with E-state index in [1.165, 1.54) is 18.9 Å². The molecule has 0 radical (unpaired) electrons. The van der Waals surface area contributed by atoms with Gasteiger partial charge in [0.15, 0.2) is 23.9 Å². The summed E-state index contributed by atoms with van der Waals surface area (Å²) in [5.74, 6) is -4.47. The van der Waals surface area contributed by atoms with Crippen molar-refractivity contribution in [2.24, 2.45) is 28.1 Å². The van der Waals surface area contributed by atoms with Crippen LogP contribution in [0, 0.1) is 28.1 Å². The first-order valence-corrected chi connectivity index (χ1v) is 16.2. The van der Waals surface area contributed by atoms with E-state index in [1.807, 2.05) is 20.8 Å². The number of hydrogen-bond acceptors (Lipinski definition) is 14. The first-order chi connectivity index (χ1) is 22.7. The number of carbonyl (C=O) groups is 4. The van der Waals surface area contributed by atoms with E-state index in [4.69, 9.17) is 37.9 Å². The van der Waals surface area contributed by atoms with Crippen LogP contribution < -0.4 is 4.74 Å². The van der Waals surface area contributed by atoms with Crippen molar-refractivity contribution in [3.05, 3.63) is 29.8 Å². The first kappa shape index (κ1) is 31.7. The van der Waals surface area contributed by atoms with Gasteiger partial charge in [-0.05, 0) is 30.0 Å². The average molecular weight is 674 g/mol. The molecule has 8 rings (SSSR count). The smallest absolute Gasteiger partial charge is 0.410 e. The average Bonchev–Trinajstić information content (AvgIpc) is 3.75. The molecule has 1 amide bonds. The van der Waals surface area contributed by atoms with Crippen molar-refractivity contribution >= 4 is 24.0 Å². The number of morpholine rings is 1. The van der Waals surface area contributed by atoms with Gasteiger partial charge in [0.1, 0.15) is 17.3 Å². The fourth-order valence-corrected chi connectivity index (χ4v) is 10.4. The van der Waals surface area contributed by atoms with E-state index in [-0.39, 0.29) is 32.9 Å². The molecule has 1 aromatic carbocycles. The standard InChI is InChI=1S/C33H39NO14/c1-15-24(36)44-22-21(46-28(39)34-10-12-42-13-11-34)31-20-18(35)19(29(2,3)4)30(31)23(43-14-16-6-8-17(41-5)9-7-16)25(37)47-27(30)48-33(31,26(38)45-20)32(15,22)40/h6-9,15,18-23,27,35,40H,10-14H2,1-5H3/t15-,18-,19+,20?,21+,22?,23+,27?,30?,31?,32-,33?/m1/s1. The highest BCUT2D eigenvalue weighted by atomic mass is 16.8. The molecule has 5 saturated heterocycles. The fraction of sp³-hybridized carbons (Fsp3) is 0.697. The summed E-state index contributed by atoms with van der Waals surface area (Å²) in [5.41, 5.74) is -8.92. The van der Waals surface area contributed by atoms with Crippen LogP contribution in [0.1, 0.15) is 33.3 Å². The summed E-state index contributed by atoms with van der Waals surface area (Å²) in [5, 5.41) is 25.1. The van der Waals surface area contributed by atoms with E-state index in [9.17, 15) is 29.4 Å². The van der Waals surface area contributed by atoms with E-state index in [0.717, 1.165) is 0 Å². The number of benzene rings is 1. The van der Waals surface area contributed by atoms with Gasteiger partial charge in [-0.1, -0.05) is 32.9 Å². The SMILES string of the molecule is COc1ccc(CO[C@H]2C(=O)OC3OC45C(=O)OC6[C@H](O)[C@@H](C(C)(C)C)C32C64[C@@H](OC(=O)N2CCOCC2)C2OC(=O)[C@@H](C)[C@@]25O)cc1. The zero-order valence-corrected chi connectivity index (χ0v) is 27.2. The highest BCUT2D eigenvalue weighted by molar-refractivity contribution is 5.94. The van der Waals surface area contributed by atoms with Crippen molar-refractivity contribution in [1.29, 1.82) is 0 Å². The summed E-state index contributed by atoms with van der Waals surface area (Å²) in [4.78, 5) is 56.9. The van der Waals surface area contributed by atoms with Crippen molar-refractivity contribution in [2.75, 3.05) is 33.4 Å². The summed E-state index contributed by atoms with van der Waals surface area (Å²) in [7, 11) is 1.54. The third-order valence-corrected chi connectivity index (χ3v) is 12.0. The molecular formula is C33H39NO14. The molecule has 7 aliphatic rings. The molecule has 2 spiro atoms. The summed E-state index contributed by atoms with van der Waals surface area (Å²) in [6.45, 7) is 7.71. The maximum absolute atomic E-state index is 14.4. The fourth-order valence-electron chi connectivity index (χ4n) is 10.4. The minimum absolute atomic E-state index is 0.106. The largest absolute Gasteiger partial charge is 0.497 e. The van der Waals surface area contributed by atoms with Crippen molar-refractivity contribution < 1.29 is 67.3 Å². The van der Waals surface area contributed by atoms with Crippen molar-refractivity contribution in [3.8, 4) is 5.75 Å². The number of amides is 1. The number of nitrogens with zero attached hydrogens (tertiary/aromatic N) is 1. The van der Waals surface area contributed by atoms with E-state index in [2.05, 4.69) is 0 Å².